The molecule has 2 rings (SSSR count). The Morgan fingerprint density at radius 1 is 1.18 bits per heavy atom. The van der Waals surface area contributed by atoms with Gasteiger partial charge in [-0.2, -0.15) is 0 Å². The van der Waals surface area contributed by atoms with Gasteiger partial charge in [0.05, 0.1) is 6.54 Å². The van der Waals surface area contributed by atoms with Gasteiger partial charge in [-0.1, -0.05) is 49.4 Å². The molecule has 1 saturated heterocycles. The SMILES string of the molecule is CCCNCC(=O)N1CCN(C/C=C/c2ccccc2)CC1. The average Bonchev–Trinajstić information content (AvgIpc) is 2.56. The van der Waals surface area contributed by atoms with Crippen LogP contribution in [0.2, 0.25) is 0 Å². The van der Waals surface area contributed by atoms with Crippen LogP contribution in [-0.2, 0) is 4.79 Å². The topological polar surface area (TPSA) is 35.6 Å². The van der Waals surface area contributed by atoms with Gasteiger partial charge in [0.25, 0.3) is 0 Å². The molecule has 0 aromatic heterocycles. The lowest BCUT2D eigenvalue weighted by molar-refractivity contribution is -0.131. The van der Waals surface area contributed by atoms with Gasteiger partial charge in [0.1, 0.15) is 0 Å². The summed E-state index contributed by atoms with van der Waals surface area (Å²) in [4.78, 5) is 16.4. The van der Waals surface area contributed by atoms with Crippen LogP contribution in [0.15, 0.2) is 36.4 Å². The molecule has 0 atom stereocenters. The second kappa shape index (κ2) is 9.38. The van der Waals surface area contributed by atoms with Crippen molar-refractivity contribution in [2.24, 2.45) is 0 Å². The van der Waals surface area contributed by atoms with E-state index in [2.05, 4.69) is 53.6 Å². The average molecular weight is 301 g/mol. The third-order valence-corrected chi connectivity index (χ3v) is 3.90. The van der Waals surface area contributed by atoms with Crippen LogP contribution in [0.25, 0.3) is 6.08 Å². The minimum atomic E-state index is 0.230. The predicted molar refractivity (Wildman–Crippen MR) is 91.7 cm³/mol. The zero-order valence-electron chi connectivity index (χ0n) is 13.5. The van der Waals surface area contributed by atoms with Crippen LogP contribution < -0.4 is 5.32 Å². The molecule has 1 aromatic rings. The number of amides is 1. The number of rotatable bonds is 7. The molecule has 1 aliphatic rings. The van der Waals surface area contributed by atoms with E-state index in [-0.39, 0.29) is 5.91 Å². The number of nitrogens with zero attached hydrogens (tertiary/aromatic N) is 2. The fourth-order valence-corrected chi connectivity index (χ4v) is 2.57. The molecule has 0 saturated carbocycles. The van der Waals surface area contributed by atoms with Gasteiger partial charge in [-0.25, -0.2) is 0 Å². The first-order valence-corrected chi connectivity index (χ1v) is 8.22. The van der Waals surface area contributed by atoms with Gasteiger partial charge in [-0.05, 0) is 18.5 Å². The lowest BCUT2D eigenvalue weighted by Gasteiger charge is -2.34. The van der Waals surface area contributed by atoms with E-state index in [1.807, 2.05) is 11.0 Å². The molecule has 1 fully saturated rings. The van der Waals surface area contributed by atoms with Crippen LogP contribution in [0.4, 0.5) is 0 Å². The van der Waals surface area contributed by atoms with Crippen molar-refractivity contribution in [1.29, 1.82) is 0 Å². The monoisotopic (exact) mass is 301 g/mol. The van der Waals surface area contributed by atoms with Gasteiger partial charge in [0.15, 0.2) is 0 Å². The molecule has 1 amide bonds. The first kappa shape index (κ1) is 16.7. The molecule has 1 heterocycles. The predicted octanol–water partition coefficient (Wildman–Crippen LogP) is 1.84. The molecule has 0 radical (unpaired) electrons. The highest BCUT2D eigenvalue weighted by Gasteiger charge is 2.19. The molecule has 1 aliphatic heterocycles. The maximum Gasteiger partial charge on any atom is 0.236 e. The molecule has 4 heteroatoms. The van der Waals surface area contributed by atoms with Crippen LogP contribution in [0.5, 0.6) is 0 Å². The highest BCUT2D eigenvalue weighted by molar-refractivity contribution is 5.78. The summed E-state index contributed by atoms with van der Waals surface area (Å²) >= 11 is 0. The molecule has 1 N–H and O–H groups in total. The van der Waals surface area contributed by atoms with Crippen molar-refractivity contribution in [3.63, 3.8) is 0 Å². The Morgan fingerprint density at radius 3 is 2.59 bits per heavy atom. The van der Waals surface area contributed by atoms with Crippen molar-refractivity contribution in [1.82, 2.24) is 15.1 Å². The zero-order chi connectivity index (χ0) is 15.6. The third kappa shape index (κ3) is 5.62. The second-order valence-electron chi connectivity index (χ2n) is 5.67. The van der Waals surface area contributed by atoms with E-state index < -0.39 is 0 Å². The first-order chi connectivity index (χ1) is 10.8. The summed E-state index contributed by atoms with van der Waals surface area (Å²) in [5.74, 6) is 0.230. The summed E-state index contributed by atoms with van der Waals surface area (Å²) in [6.07, 6.45) is 5.43. The van der Waals surface area contributed by atoms with Crippen molar-refractivity contribution >= 4 is 12.0 Å². The third-order valence-electron chi connectivity index (χ3n) is 3.90. The highest BCUT2D eigenvalue weighted by atomic mass is 16.2. The number of carbonyl (C=O) groups is 1. The molecule has 120 valence electrons. The Hall–Kier alpha value is -1.65. The van der Waals surface area contributed by atoms with Crippen molar-refractivity contribution in [2.75, 3.05) is 45.8 Å². The minimum Gasteiger partial charge on any atom is -0.339 e. The second-order valence-corrected chi connectivity index (χ2v) is 5.67. The summed E-state index contributed by atoms with van der Waals surface area (Å²) in [6.45, 7) is 8.04. The van der Waals surface area contributed by atoms with Crippen LogP contribution in [0.1, 0.15) is 18.9 Å². The summed E-state index contributed by atoms with van der Waals surface area (Å²) in [7, 11) is 0. The van der Waals surface area contributed by atoms with E-state index in [9.17, 15) is 4.79 Å². The summed E-state index contributed by atoms with van der Waals surface area (Å²) < 4.78 is 0. The highest BCUT2D eigenvalue weighted by Crippen LogP contribution is 2.04. The zero-order valence-corrected chi connectivity index (χ0v) is 13.5. The molecular formula is C18H27N3O. The number of piperazine rings is 1. The van der Waals surface area contributed by atoms with Gasteiger partial charge in [-0.3, -0.25) is 9.69 Å². The Kier molecular flexibility index (Phi) is 7.13. The Balaban J connectivity index is 1.66. The Labute approximate surface area is 133 Å². The van der Waals surface area contributed by atoms with Crippen LogP contribution in [0.3, 0.4) is 0 Å². The summed E-state index contributed by atoms with van der Waals surface area (Å²) in [5.41, 5.74) is 1.23. The normalized spacial score (nSPS) is 16.3. The Morgan fingerprint density at radius 2 is 1.91 bits per heavy atom. The molecule has 0 spiro atoms. The molecule has 0 bridgehead atoms. The van der Waals surface area contributed by atoms with Crippen LogP contribution >= 0.6 is 0 Å². The molecule has 0 unspecified atom stereocenters. The van der Waals surface area contributed by atoms with E-state index in [0.717, 1.165) is 45.7 Å². The maximum absolute atomic E-state index is 12.0. The standard InChI is InChI=1S/C18H27N3O/c1-2-10-19-16-18(22)21-14-12-20(13-15-21)11-6-9-17-7-4-3-5-8-17/h3-9,19H,2,10-16H2,1H3/b9-6+. The van der Waals surface area contributed by atoms with Crippen LogP contribution in [-0.4, -0.2) is 61.5 Å². The smallest absolute Gasteiger partial charge is 0.236 e. The summed E-state index contributed by atoms with van der Waals surface area (Å²) in [6, 6.07) is 10.4. The number of carbonyl (C=O) groups excluding carboxylic acids is 1. The molecule has 22 heavy (non-hydrogen) atoms. The van der Waals surface area contributed by atoms with Crippen LogP contribution in [0, 0.1) is 0 Å². The van der Waals surface area contributed by atoms with Gasteiger partial charge in [0, 0.05) is 32.7 Å². The van der Waals surface area contributed by atoms with Gasteiger partial charge in [0.2, 0.25) is 5.91 Å². The number of hydrogen-bond acceptors (Lipinski definition) is 3. The molecule has 4 nitrogen and oxygen atoms in total. The Bertz CT molecular complexity index is 464. The van der Waals surface area contributed by atoms with E-state index in [1.54, 1.807) is 0 Å². The fourth-order valence-electron chi connectivity index (χ4n) is 2.57. The van der Waals surface area contributed by atoms with Crippen molar-refractivity contribution in [2.45, 2.75) is 13.3 Å². The van der Waals surface area contributed by atoms with Gasteiger partial charge < -0.3 is 10.2 Å². The quantitative estimate of drug-likeness (QED) is 0.781. The van der Waals surface area contributed by atoms with E-state index in [0.29, 0.717) is 6.54 Å². The molecule has 1 aromatic carbocycles. The number of nitrogens with one attached hydrogen (secondary N) is 1. The van der Waals surface area contributed by atoms with Gasteiger partial charge >= 0.3 is 0 Å². The fraction of sp³-hybridized carbons (Fsp3) is 0.500. The first-order valence-electron chi connectivity index (χ1n) is 8.22. The van der Waals surface area contributed by atoms with Crippen molar-refractivity contribution in [3.8, 4) is 0 Å². The number of hydrogen-bond donors (Lipinski definition) is 1. The summed E-state index contributed by atoms with van der Waals surface area (Å²) in [5, 5.41) is 3.18. The lowest BCUT2D eigenvalue weighted by atomic mass is 10.2. The molecular weight excluding hydrogens is 274 g/mol. The van der Waals surface area contributed by atoms with Gasteiger partial charge in [-0.15, -0.1) is 0 Å². The van der Waals surface area contributed by atoms with E-state index in [4.69, 9.17) is 0 Å². The van der Waals surface area contributed by atoms with Crippen molar-refractivity contribution < 1.29 is 4.79 Å². The van der Waals surface area contributed by atoms with Crippen molar-refractivity contribution in [3.05, 3.63) is 42.0 Å². The van der Waals surface area contributed by atoms with E-state index >= 15 is 0 Å². The largest absolute Gasteiger partial charge is 0.339 e. The minimum absolute atomic E-state index is 0.230. The number of benzene rings is 1. The van der Waals surface area contributed by atoms with E-state index in [1.165, 1.54) is 5.56 Å². The maximum atomic E-state index is 12.0. The lowest BCUT2D eigenvalue weighted by Crippen LogP contribution is -2.50. The molecule has 0 aliphatic carbocycles.